The van der Waals surface area contributed by atoms with Gasteiger partial charge in [-0.2, -0.15) is 4.31 Å². The molecule has 4 nitrogen and oxygen atoms in total. The highest BCUT2D eigenvalue weighted by Crippen LogP contribution is 2.22. The Hall–Kier alpha value is -0.910. The van der Waals surface area contributed by atoms with Crippen LogP contribution in [0.3, 0.4) is 0 Å². The highest BCUT2D eigenvalue weighted by molar-refractivity contribution is 7.89. The van der Waals surface area contributed by atoms with Crippen LogP contribution in [0.2, 0.25) is 0 Å². The van der Waals surface area contributed by atoms with Crippen LogP contribution in [0.1, 0.15) is 33.3 Å². The first-order chi connectivity index (χ1) is 9.79. The van der Waals surface area contributed by atoms with E-state index in [9.17, 15) is 8.42 Å². The molecule has 0 unspecified atom stereocenters. The SMILES string of the molecule is CC(C)Cc1ccc(S(=O)(=O)N2C[C@@H](C)O[C@@H](C)C2)cc1. The van der Waals surface area contributed by atoms with Gasteiger partial charge in [-0.05, 0) is 43.9 Å². The van der Waals surface area contributed by atoms with Crippen molar-refractivity contribution in [2.45, 2.75) is 51.2 Å². The number of rotatable bonds is 4. The van der Waals surface area contributed by atoms with E-state index in [1.165, 1.54) is 9.87 Å². The molecule has 1 fully saturated rings. The molecule has 0 amide bonds. The lowest BCUT2D eigenvalue weighted by Crippen LogP contribution is -2.48. The van der Waals surface area contributed by atoms with Crippen LogP contribution in [0.4, 0.5) is 0 Å². The molecule has 0 bridgehead atoms. The molecule has 21 heavy (non-hydrogen) atoms. The summed E-state index contributed by atoms with van der Waals surface area (Å²) >= 11 is 0. The topological polar surface area (TPSA) is 46.6 Å². The Labute approximate surface area is 128 Å². The van der Waals surface area contributed by atoms with Gasteiger partial charge in [0.25, 0.3) is 0 Å². The van der Waals surface area contributed by atoms with Crippen LogP contribution in [-0.2, 0) is 21.2 Å². The Morgan fingerprint density at radius 1 is 1.14 bits per heavy atom. The van der Waals surface area contributed by atoms with E-state index in [0.29, 0.717) is 23.9 Å². The fourth-order valence-corrected chi connectivity index (χ4v) is 4.34. The third kappa shape index (κ3) is 4.05. The van der Waals surface area contributed by atoms with Crippen LogP contribution in [0.15, 0.2) is 29.2 Å². The van der Waals surface area contributed by atoms with Crippen LogP contribution in [0.5, 0.6) is 0 Å². The van der Waals surface area contributed by atoms with Gasteiger partial charge in [-0.15, -0.1) is 0 Å². The normalized spacial score (nSPS) is 24.4. The third-order valence-corrected chi connectivity index (χ3v) is 5.44. The van der Waals surface area contributed by atoms with E-state index in [4.69, 9.17) is 4.74 Å². The molecule has 1 aromatic carbocycles. The van der Waals surface area contributed by atoms with Crippen molar-refractivity contribution >= 4 is 10.0 Å². The van der Waals surface area contributed by atoms with Gasteiger partial charge < -0.3 is 4.74 Å². The minimum atomic E-state index is -3.42. The fourth-order valence-electron chi connectivity index (χ4n) is 2.74. The average Bonchev–Trinajstić information content (AvgIpc) is 2.37. The van der Waals surface area contributed by atoms with E-state index in [1.54, 1.807) is 12.1 Å². The van der Waals surface area contributed by atoms with Gasteiger partial charge in [0.05, 0.1) is 17.1 Å². The van der Waals surface area contributed by atoms with Crippen LogP contribution in [0, 0.1) is 5.92 Å². The van der Waals surface area contributed by atoms with Crippen LogP contribution >= 0.6 is 0 Å². The van der Waals surface area contributed by atoms with Crippen molar-refractivity contribution in [2.75, 3.05) is 13.1 Å². The first-order valence-electron chi connectivity index (χ1n) is 7.53. The summed E-state index contributed by atoms with van der Waals surface area (Å²) in [5.74, 6) is 0.563. The highest BCUT2D eigenvalue weighted by Gasteiger charge is 2.32. The van der Waals surface area contributed by atoms with Crippen molar-refractivity contribution in [2.24, 2.45) is 5.92 Å². The second-order valence-electron chi connectivity index (χ2n) is 6.32. The zero-order chi connectivity index (χ0) is 15.6. The summed E-state index contributed by atoms with van der Waals surface area (Å²) < 4.78 is 32.5. The molecular weight excluding hydrogens is 286 g/mol. The second kappa shape index (κ2) is 6.46. The average molecular weight is 311 g/mol. The van der Waals surface area contributed by atoms with Gasteiger partial charge in [-0.1, -0.05) is 26.0 Å². The van der Waals surface area contributed by atoms with E-state index in [1.807, 2.05) is 26.0 Å². The summed E-state index contributed by atoms with van der Waals surface area (Å²) in [6.45, 7) is 8.96. The van der Waals surface area contributed by atoms with Crippen molar-refractivity contribution in [3.63, 3.8) is 0 Å². The van der Waals surface area contributed by atoms with E-state index in [0.717, 1.165) is 6.42 Å². The van der Waals surface area contributed by atoms with E-state index >= 15 is 0 Å². The molecule has 0 aliphatic carbocycles. The quantitative estimate of drug-likeness (QED) is 0.859. The second-order valence-corrected chi connectivity index (χ2v) is 8.26. The smallest absolute Gasteiger partial charge is 0.243 e. The first kappa shape index (κ1) is 16.5. The minimum absolute atomic E-state index is 0.0660. The lowest BCUT2D eigenvalue weighted by Gasteiger charge is -2.34. The predicted octanol–water partition coefficient (Wildman–Crippen LogP) is 2.68. The minimum Gasteiger partial charge on any atom is -0.373 e. The lowest BCUT2D eigenvalue weighted by molar-refractivity contribution is -0.0440. The zero-order valence-corrected chi connectivity index (χ0v) is 14.1. The summed E-state index contributed by atoms with van der Waals surface area (Å²) in [4.78, 5) is 0.372. The molecule has 0 N–H and O–H groups in total. The van der Waals surface area contributed by atoms with Gasteiger partial charge in [0.2, 0.25) is 10.0 Å². The number of ether oxygens (including phenoxy) is 1. The molecule has 5 heteroatoms. The molecule has 118 valence electrons. The number of benzene rings is 1. The van der Waals surface area contributed by atoms with Crippen LogP contribution in [-0.4, -0.2) is 38.0 Å². The maximum absolute atomic E-state index is 12.7. The van der Waals surface area contributed by atoms with Gasteiger partial charge >= 0.3 is 0 Å². The standard InChI is InChI=1S/C16H25NO3S/c1-12(2)9-15-5-7-16(8-6-15)21(18,19)17-10-13(3)20-14(4)11-17/h5-8,12-14H,9-11H2,1-4H3/t13-,14+. The Bertz CT molecular complexity index is 556. The fraction of sp³-hybridized carbons (Fsp3) is 0.625. The third-order valence-electron chi connectivity index (χ3n) is 3.59. The summed E-state index contributed by atoms with van der Waals surface area (Å²) in [6, 6.07) is 7.27. The molecule has 0 aromatic heterocycles. The van der Waals surface area contributed by atoms with E-state index < -0.39 is 10.0 Å². The lowest BCUT2D eigenvalue weighted by atomic mass is 10.0. The Kier molecular flexibility index (Phi) is 5.07. The molecule has 1 aliphatic rings. The van der Waals surface area contributed by atoms with Crippen molar-refractivity contribution < 1.29 is 13.2 Å². The highest BCUT2D eigenvalue weighted by atomic mass is 32.2. The zero-order valence-electron chi connectivity index (χ0n) is 13.2. The maximum atomic E-state index is 12.7. The number of morpholine rings is 1. The summed E-state index contributed by atoms with van der Waals surface area (Å²) in [5.41, 5.74) is 1.17. The Morgan fingerprint density at radius 2 is 1.67 bits per heavy atom. The summed E-state index contributed by atoms with van der Waals surface area (Å²) in [6.07, 6.45) is 0.832. The molecule has 1 aliphatic heterocycles. The van der Waals surface area contributed by atoms with Crippen LogP contribution in [0.25, 0.3) is 0 Å². The van der Waals surface area contributed by atoms with Crippen molar-refractivity contribution in [3.05, 3.63) is 29.8 Å². The van der Waals surface area contributed by atoms with Crippen molar-refractivity contribution in [3.8, 4) is 0 Å². The van der Waals surface area contributed by atoms with E-state index in [-0.39, 0.29) is 12.2 Å². The summed E-state index contributed by atoms with van der Waals surface area (Å²) in [5, 5.41) is 0. The first-order valence-corrected chi connectivity index (χ1v) is 8.97. The summed E-state index contributed by atoms with van der Waals surface area (Å²) in [7, 11) is -3.42. The van der Waals surface area contributed by atoms with Gasteiger partial charge in [-0.3, -0.25) is 0 Å². The molecule has 2 rings (SSSR count). The molecule has 0 spiro atoms. The largest absolute Gasteiger partial charge is 0.373 e. The van der Waals surface area contributed by atoms with Gasteiger partial charge in [-0.25, -0.2) is 8.42 Å². The van der Waals surface area contributed by atoms with Gasteiger partial charge in [0.1, 0.15) is 0 Å². The van der Waals surface area contributed by atoms with Crippen molar-refractivity contribution in [1.29, 1.82) is 0 Å². The molecule has 1 aromatic rings. The maximum Gasteiger partial charge on any atom is 0.243 e. The van der Waals surface area contributed by atoms with Crippen molar-refractivity contribution in [1.82, 2.24) is 4.31 Å². The number of nitrogens with zero attached hydrogens (tertiary/aromatic N) is 1. The molecule has 1 heterocycles. The predicted molar refractivity (Wildman–Crippen MR) is 83.8 cm³/mol. The Balaban J connectivity index is 2.19. The Morgan fingerprint density at radius 3 is 2.14 bits per heavy atom. The molecule has 0 saturated carbocycles. The molecule has 2 atom stereocenters. The van der Waals surface area contributed by atoms with Gasteiger partial charge in [0.15, 0.2) is 0 Å². The van der Waals surface area contributed by atoms with Gasteiger partial charge in [0, 0.05) is 13.1 Å². The van der Waals surface area contributed by atoms with Crippen LogP contribution < -0.4 is 0 Å². The molecular formula is C16H25NO3S. The molecule has 1 saturated heterocycles. The monoisotopic (exact) mass is 311 g/mol. The number of hydrogen-bond donors (Lipinski definition) is 0. The molecule has 0 radical (unpaired) electrons. The van der Waals surface area contributed by atoms with E-state index in [2.05, 4.69) is 13.8 Å². The number of sulfonamides is 1. The number of hydrogen-bond acceptors (Lipinski definition) is 3.